The summed E-state index contributed by atoms with van der Waals surface area (Å²) in [6, 6.07) is 0. The van der Waals surface area contributed by atoms with Crippen LogP contribution in [0, 0.1) is 5.92 Å². The molecule has 1 rings (SSSR count). The standard InChI is InChI=1S/C16H30OSi/c1-12(2)14-10-9-13(3)15(11-14)17-18(7,8)16(4,5)6/h9,14-15H,1,10-11H2,2-8H3/t14-,15-/m0/s1. The third-order valence-electron chi connectivity index (χ3n) is 4.67. The van der Waals surface area contributed by atoms with Gasteiger partial charge in [-0.05, 0) is 56.3 Å². The molecule has 0 amide bonds. The molecule has 0 saturated heterocycles. The number of hydrogen-bond donors (Lipinski definition) is 0. The number of hydrogen-bond acceptors (Lipinski definition) is 1. The smallest absolute Gasteiger partial charge is 0.192 e. The van der Waals surface area contributed by atoms with Crippen molar-refractivity contribution in [3.8, 4) is 0 Å². The second kappa shape index (κ2) is 5.34. The molecule has 1 aliphatic rings. The highest BCUT2D eigenvalue weighted by atomic mass is 28.4. The molecule has 1 nitrogen and oxygen atoms in total. The molecule has 2 atom stereocenters. The molecule has 0 heterocycles. The Hall–Kier alpha value is -0.343. The first-order valence-electron chi connectivity index (χ1n) is 7.04. The van der Waals surface area contributed by atoms with Gasteiger partial charge in [-0.25, -0.2) is 0 Å². The molecule has 0 aliphatic heterocycles. The van der Waals surface area contributed by atoms with Crippen LogP contribution in [0.25, 0.3) is 0 Å². The van der Waals surface area contributed by atoms with Gasteiger partial charge >= 0.3 is 0 Å². The highest BCUT2D eigenvalue weighted by molar-refractivity contribution is 6.74. The van der Waals surface area contributed by atoms with Crippen molar-refractivity contribution in [1.29, 1.82) is 0 Å². The first-order chi connectivity index (χ1) is 8.04. The van der Waals surface area contributed by atoms with Gasteiger partial charge in [-0.3, -0.25) is 0 Å². The lowest BCUT2D eigenvalue weighted by molar-refractivity contribution is 0.179. The predicted molar refractivity (Wildman–Crippen MR) is 83.4 cm³/mol. The summed E-state index contributed by atoms with van der Waals surface area (Å²) in [6.07, 6.45) is 4.91. The molecule has 0 radical (unpaired) electrons. The minimum absolute atomic E-state index is 0.281. The first kappa shape index (κ1) is 15.7. The summed E-state index contributed by atoms with van der Waals surface area (Å²) in [5.41, 5.74) is 2.71. The van der Waals surface area contributed by atoms with E-state index < -0.39 is 8.32 Å². The van der Waals surface area contributed by atoms with Gasteiger partial charge in [-0.15, -0.1) is 0 Å². The summed E-state index contributed by atoms with van der Waals surface area (Å²) in [5, 5.41) is 0.281. The Morgan fingerprint density at radius 2 is 1.94 bits per heavy atom. The number of allylic oxidation sites excluding steroid dienone is 2. The van der Waals surface area contributed by atoms with E-state index in [-0.39, 0.29) is 5.04 Å². The van der Waals surface area contributed by atoms with Crippen molar-refractivity contribution < 1.29 is 4.43 Å². The van der Waals surface area contributed by atoms with Crippen molar-refractivity contribution in [3.05, 3.63) is 23.8 Å². The van der Waals surface area contributed by atoms with Gasteiger partial charge in [0.2, 0.25) is 0 Å². The first-order valence-corrected chi connectivity index (χ1v) is 9.95. The molecule has 0 saturated carbocycles. The van der Waals surface area contributed by atoms with Crippen LogP contribution in [-0.2, 0) is 4.43 Å². The van der Waals surface area contributed by atoms with Gasteiger partial charge in [0.25, 0.3) is 0 Å². The maximum Gasteiger partial charge on any atom is 0.192 e. The highest BCUT2D eigenvalue weighted by Gasteiger charge is 2.40. The van der Waals surface area contributed by atoms with Crippen molar-refractivity contribution >= 4 is 8.32 Å². The zero-order chi connectivity index (χ0) is 14.1. The Kier molecular flexibility index (Phi) is 4.66. The Morgan fingerprint density at radius 1 is 1.39 bits per heavy atom. The molecule has 2 heteroatoms. The van der Waals surface area contributed by atoms with Gasteiger partial charge < -0.3 is 4.43 Å². The van der Waals surface area contributed by atoms with E-state index >= 15 is 0 Å². The monoisotopic (exact) mass is 266 g/mol. The second-order valence-electron chi connectivity index (χ2n) is 7.33. The van der Waals surface area contributed by atoms with Crippen molar-refractivity contribution in [2.75, 3.05) is 0 Å². The van der Waals surface area contributed by atoms with Crippen molar-refractivity contribution in [3.63, 3.8) is 0 Å². The molecule has 0 unspecified atom stereocenters. The third kappa shape index (κ3) is 3.58. The Morgan fingerprint density at radius 3 is 2.39 bits per heavy atom. The van der Waals surface area contributed by atoms with Crippen LogP contribution in [-0.4, -0.2) is 14.4 Å². The zero-order valence-electron chi connectivity index (χ0n) is 13.3. The third-order valence-corrected chi connectivity index (χ3v) is 9.16. The lowest BCUT2D eigenvalue weighted by atomic mass is 9.84. The molecule has 0 bridgehead atoms. The average Bonchev–Trinajstić information content (AvgIpc) is 2.18. The van der Waals surface area contributed by atoms with Crippen LogP contribution in [0.4, 0.5) is 0 Å². The predicted octanol–water partition coefficient (Wildman–Crippen LogP) is 5.31. The number of rotatable bonds is 3. The topological polar surface area (TPSA) is 9.23 Å². The van der Waals surface area contributed by atoms with Crippen LogP contribution in [0.2, 0.25) is 18.1 Å². The fourth-order valence-electron chi connectivity index (χ4n) is 2.08. The molecule has 18 heavy (non-hydrogen) atoms. The minimum Gasteiger partial charge on any atom is -0.410 e. The molecule has 0 N–H and O–H groups in total. The summed E-state index contributed by atoms with van der Waals surface area (Å²) >= 11 is 0. The molecule has 104 valence electrons. The molecule has 0 aromatic carbocycles. The maximum absolute atomic E-state index is 6.57. The molecule has 0 aromatic rings. The van der Waals surface area contributed by atoms with Gasteiger partial charge in [-0.1, -0.05) is 39.0 Å². The molecule has 0 spiro atoms. The quantitative estimate of drug-likeness (QED) is 0.497. The molecule has 0 aromatic heterocycles. The summed E-state index contributed by atoms with van der Waals surface area (Å²) < 4.78 is 6.57. The van der Waals surface area contributed by atoms with Gasteiger partial charge in [0.15, 0.2) is 8.32 Å². The van der Waals surface area contributed by atoms with E-state index in [0.29, 0.717) is 12.0 Å². The van der Waals surface area contributed by atoms with E-state index in [9.17, 15) is 0 Å². The summed E-state index contributed by atoms with van der Waals surface area (Å²) in [7, 11) is -1.67. The maximum atomic E-state index is 6.57. The Labute approximate surface area is 114 Å². The van der Waals surface area contributed by atoms with E-state index in [4.69, 9.17) is 4.43 Å². The molecule has 0 fully saturated rings. The average molecular weight is 267 g/mol. The van der Waals surface area contributed by atoms with Gasteiger partial charge in [0.05, 0.1) is 6.10 Å². The second-order valence-corrected chi connectivity index (χ2v) is 12.1. The van der Waals surface area contributed by atoms with Crippen molar-refractivity contribution in [2.24, 2.45) is 5.92 Å². The van der Waals surface area contributed by atoms with Crippen LogP contribution in [0.3, 0.4) is 0 Å². The van der Waals surface area contributed by atoms with Crippen LogP contribution < -0.4 is 0 Å². The molecule has 1 aliphatic carbocycles. The fourth-order valence-corrected chi connectivity index (χ4v) is 3.42. The largest absolute Gasteiger partial charge is 0.410 e. The van der Waals surface area contributed by atoms with Gasteiger partial charge in [0, 0.05) is 0 Å². The van der Waals surface area contributed by atoms with Gasteiger partial charge in [0.1, 0.15) is 0 Å². The van der Waals surface area contributed by atoms with Crippen LogP contribution >= 0.6 is 0 Å². The van der Waals surface area contributed by atoms with Crippen LogP contribution in [0.5, 0.6) is 0 Å². The van der Waals surface area contributed by atoms with E-state index in [1.807, 2.05) is 0 Å². The summed E-state index contributed by atoms with van der Waals surface area (Å²) in [6.45, 7) is 20.1. The van der Waals surface area contributed by atoms with E-state index in [1.165, 1.54) is 11.1 Å². The lowest BCUT2D eigenvalue weighted by Crippen LogP contribution is -2.45. The van der Waals surface area contributed by atoms with E-state index in [2.05, 4.69) is 60.4 Å². The minimum atomic E-state index is -1.67. The van der Waals surface area contributed by atoms with Crippen molar-refractivity contribution in [2.45, 2.75) is 71.7 Å². The fraction of sp³-hybridized carbons (Fsp3) is 0.750. The molecular weight excluding hydrogens is 236 g/mol. The van der Waals surface area contributed by atoms with Crippen LogP contribution in [0.1, 0.15) is 47.5 Å². The van der Waals surface area contributed by atoms with Crippen LogP contribution in [0.15, 0.2) is 23.8 Å². The van der Waals surface area contributed by atoms with E-state index in [0.717, 1.165) is 12.8 Å². The SMILES string of the molecule is C=C(C)[C@H]1CC=C(C)[C@@H](O[Si](C)(C)C(C)(C)C)C1. The summed E-state index contributed by atoms with van der Waals surface area (Å²) in [4.78, 5) is 0. The van der Waals surface area contributed by atoms with E-state index in [1.54, 1.807) is 0 Å². The Balaban J connectivity index is 2.81. The zero-order valence-corrected chi connectivity index (χ0v) is 14.3. The Bertz CT molecular complexity index is 347. The van der Waals surface area contributed by atoms with Gasteiger partial charge in [-0.2, -0.15) is 0 Å². The molecular formula is C16H30OSi. The lowest BCUT2D eigenvalue weighted by Gasteiger charge is -2.41. The summed E-state index contributed by atoms with van der Waals surface area (Å²) in [5.74, 6) is 0.600. The normalized spacial score (nSPS) is 25.8. The highest BCUT2D eigenvalue weighted by Crippen LogP contribution is 2.40. The van der Waals surface area contributed by atoms with Crippen molar-refractivity contribution in [1.82, 2.24) is 0 Å².